The fraction of sp³-hybridized carbons (Fsp3) is 0.767. The van der Waals surface area contributed by atoms with Gasteiger partial charge in [-0.05, 0) is 57.3 Å². The van der Waals surface area contributed by atoms with Crippen LogP contribution in [0.4, 0.5) is 0 Å². The van der Waals surface area contributed by atoms with Gasteiger partial charge in [-0.2, -0.15) is 0 Å². The zero-order chi connectivity index (χ0) is 28.4. The molecule has 0 heterocycles. The van der Waals surface area contributed by atoms with Crippen LogP contribution >= 0.6 is 0 Å². The first-order valence-electron chi connectivity index (χ1n) is 13.7. The van der Waals surface area contributed by atoms with Gasteiger partial charge in [0, 0.05) is 29.2 Å². The Morgan fingerprint density at radius 1 is 1.16 bits per heavy atom. The van der Waals surface area contributed by atoms with Crippen molar-refractivity contribution >= 4 is 5.97 Å². The minimum atomic E-state index is -0.999. The van der Waals surface area contributed by atoms with Gasteiger partial charge in [0.2, 0.25) is 0 Å². The van der Waals surface area contributed by atoms with Crippen LogP contribution in [0.25, 0.3) is 0 Å². The van der Waals surface area contributed by atoms with E-state index in [9.17, 15) is 35.4 Å². The molecule has 2 aliphatic rings. The number of aliphatic hydroxyl groups is 5. The number of carboxylic acids is 1. The Hall–Kier alpha value is -1.51. The van der Waals surface area contributed by atoms with Gasteiger partial charge in [-0.15, -0.1) is 0 Å². The topological polar surface area (TPSA) is 138 Å². The summed E-state index contributed by atoms with van der Waals surface area (Å²) in [5, 5.41) is 62.8. The number of hydrogen-bond acceptors (Lipinski definition) is 6. The Morgan fingerprint density at radius 3 is 2.30 bits per heavy atom. The third-order valence-electron chi connectivity index (χ3n) is 9.23. The number of hydrogen-bond donors (Lipinski definition) is 6. The molecular weight excluding hydrogens is 472 g/mol. The quantitative estimate of drug-likeness (QED) is 0.190. The van der Waals surface area contributed by atoms with Gasteiger partial charge < -0.3 is 30.6 Å². The molecule has 1 saturated carbocycles. The van der Waals surface area contributed by atoms with Crippen LogP contribution in [0.3, 0.4) is 0 Å². The minimum Gasteiger partial charge on any atom is -0.478 e. The number of aliphatic carboxylic acids is 1. The number of carbonyl (C=O) groups is 1. The molecule has 0 unspecified atom stereocenters. The summed E-state index contributed by atoms with van der Waals surface area (Å²) < 4.78 is 0. The van der Waals surface area contributed by atoms with Crippen molar-refractivity contribution in [3.05, 3.63) is 34.9 Å². The zero-order valence-electron chi connectivity index (χ0n) is 23.8. The van der Waals surface area contributed by atoms with E-state index in [1.54, 1.807) is 19.9 Å². The van der Waals surface area contributed by atoms with Crippen molar-refractivity contribution < 1.29 is 35.4 Å². The Morgan fingerprint density at radius 2 is 1.76 bits per heavy atom. The second-order valence-electron chi connectivity index (χ2n) is 12.4. The minimum absolute atomic E-state index is 0.00847. The molecule has 7 heteroatoms. The normalized spacial score (nSPS) is 36.4. The Bertz CT molecular complexity index is 890. The lowest BCUT2D eigenvalue weighted by molar-refractivity contribution is -0.132. The van der Waals surface area contributed by atoms with Crippen molar-refractivity contribution in [3.8, 4) is 0 Å². The fourth-order valence-electron chi connectivity index (χ4n) is 6.87. The highest BCUT2D eigenvalue weighted by atomic mass is 16.4. The van der Waals surface area contributed by atoms with Crippen LogP contribution < -0.4 is 0 Å². The first-order chi connectivity index (χ1) is 17.0. The maximum Gasteiger partial charge on any atom is 0.330 e. The molecule has 0 radical (unpaired) electrons. The molecule has 1 fully saturated rings. The fourth-order valence-corrected chi connectivity index (χ4v) is 6.87. The van der Waals surface area contributed by atoms with Gasteiger partial charge in [0.05, 0.1) is 30.5 Å². The molecule has 0 saturated heterocycles. The van der Waals surface area contributed by atoms with Crippen LogP contribution in [0.1, 0.15) is 74.7 Å². The number of rotatable bonds is 10. The molecule has 0 aromatic carbocycles. The zero-order valence-corrected chi connectivity index (χ0v) is 23.8. The van der Waals surface area contributed by atoms with Crippen LogP contribution in [-0.4, -0.2) is 67.1 Å². The van der Waals surface area contributed by atoms with E-state index in [-0.39, 0.29) is 53.9 Å². The largest absolute Gasteiger partial charge is 0.478 e. The first-order valence-corrected chi connectivity index (χ1v) is 13.7. The van der Waals surface area contributed by atoms with Crippen molar-refractivity contribution in [2.75, 3.05) is 0 Å². The number of carboxylic acid groups (broad SMARTS) is 1. The molecule has 0 aromatic rings. The lowest BCUT2D eigenvalue weighted by atomic mass is 9.50. The molecule has 212 valence electrons. The maximum absolute atomic E-state index is 11.8. The van der Waals surface area contributed by atoms with Crippen molar-refractivity contribution in [1.82, 2.24) is 0 Å². The van der Waals surface area contributed by atoms with Gasteiger partial charge in [0.1, 0.15) is 0 Å². The second kappa shape index (κ2) is 12.6. The third kappa shape index (κ3) is 6.93. The lowest BCUT2D eigenvalue weighted by Crippen LogP contribution is -2.56. The molecule has 0 spiro atoms. The van der Waals surface area contributed by atoms with Gasteiger partial charge in [0.15, 0.2) is 0 Å². The number of allylic oxidation sites excluding steroid dienone is 3. The monoisotopic (exact) mass is 522 g/mol. The highest BCUT2D eigenvalue weighted by molar-refractivity contribution is 5.85. The average molecular weight is 523 g/mol. The molecule has 0 amide bonds. The van der Waals surface area contributed by atoms with Crippen molar-refractivity contribution in [2.24, 2.45) is 40.9 Å². The smallest absolute Gasteiger partial charge is 0.330 e. The molecule has 2 aliphatic carbocycles. The molecule has 11 atom stereocenters. The summed E-state index contributed by atoms with van der Waals surface area (Å²) in [4.78, 5) is 11.8. The highest BCUT2D eigenvalue weighted by Crippen LogP contribution is 2.57. The molecule has 0 aliphatic heterocycles. The molecule has 2 rings (SSSR count). The third-order valence-corrected chi connectivity index (χ3v) is 9.23. The van der Waals surface area contributed by atoms with Crippen molar-refractivity contribution in [2.45, 2.75) is 105 Å². The standard InChI is InChI=1S/C30H50O7/c1-15(2)28(35)20(7)23(32)12-21(31)10-9-16(3)26-18(5)14-30(8)25(34)13-24(33)19(6)27(30)22(26)11-17(4)29(36)37/h9,11,14-15,19-28,31-35H,10,12-13H2,1-8H3,(H,36,37)/b16-9+,17-11-/t19-,20-,21-,22-,23+,24+,25+,26+,27+,28-,30-/m0/s1. The molecule has 0 bridgehead atoms. The van der Waals surface area contributed by atoms with E-state index in [1.165, 1.54) is 0 Å². The SMILES string of the molecule is CC1=C[C@]2(C)[C@H]([C@@H](C)[C@H](O)C[C@H]2O)[C@@H](/C=C(/C)C(=O)O)[C@@H]1/C(C)=C/C[C@H](O)C[C@@H](O)[C@H](C)[C@@H](O)C(C)C. The highest BCUT2D eigenvalue weighted by Gasteiger charge is 2.55. The van der Waals surface area contributed by atoms with Crippen molar-refractivity contribution in [3.63, 3.8) is 0 Å². The van der Waals surface area contributed by atoms with Crippen LogP contribution in [0.5, 0.6) is 0 Å². The summed E-state index contributed by atoms with van der Waals surface area (Å²) in [6, 6.07) is 0. The predicted octanol–water partition coefficient (Wildman–Crippen LogP) is 3.70. The summed E-state index contributed by atoms with van der Waals surface area (Å²) in [7, 11) is 0. The Kier molecular flexibility index (Phi) is 10.8. The average Bonchev–Trinajstić information content (AvgIpc) is 2.79. The first kappa shape index (κ1) is 31.7. The number of aliphatic hydroxyl groups excluding tert-OH is 5. The van der Waals surface area contributed by atoms with Gasteiger partial charge >= 0.3 is 5.97 Å². The lowest BCUT2D eigenvalue weighted by Gasteiger charge is -2.56. The summed E-state index contributed by atoms with van der Waals surface area (Å²) in [5.41, 5.74) is 1.62. The van der Waals surface area contributed by atoms with Crippen molar-refractivity contribution in [1.29, 1.82) is 0 Å². The predicted molar refractivity (Wildman–Crippen MR) is 145 cm³/mol. The van der Waals surface area contributed by atoms with Gasteiger partial charge in [0.25, 0.3) is 0 Å². The summed E-state index contributed by atoms with van der Waals surface area (Å²) in [6.07, 6.45) is 2.86. The van der Waals surface area contributed by atoms with E-state index >= 15 is 0 Å². The van der Waals surface area contributed by atoms with E-state index in [0.717, 1.165) is 11.1 Å². The van der Waals surface area contributed by atoms with Crippen LogP contribution in [0, 0.1) is 40.9 Å². The summed E-state index contributed by atoms with van der Waals surface area (Å²) in [5.74, 6) is -2.08. The number of fused-ring (bicyclic) bond motifs is 1. The molecule has 6 N–H and O–H groups in total. The van der Waals surface area contributed by atoms with Gasteiger partial charge in [-0.1, -0.05) is 64.0 Å². The molecular formula is C30H50O7. The molecule has 0 aromatic heterocycles. The maximum atomic E-state index is 11.8. The Labute approximate surface area is 222 Å². The summed E-state index contributed by atoms with van der Waals surface area (Å²) in [6.45, 7) is 15.1. The van der Waals surface area contributed by atoms with E-state index in [4.69, 9.17) is 0 Å². The van der Waals surface area contributed by atoms with E-state index in [0.29, 0.717) is 6.42 Å². The van der Waals surface area contributed by atoms with Crippen LogP contribution in [0.2, 0.25) is 0 Å². The van der Waals surface area contributed by atoms with E-state index in [2.05, 4.69) is 6.08 Å². The van der Waals surface area contributed by atoms with E-state index in [1.807, 2.05) is 47.6 Å². The van der Waals surface area contributed by atoms with Gasteiger partial charge in [-0.25, -0.2) is 4.79 Å². The summed E-state index contributed by atoms with van der Waals surface area (Å²) >= 11 is 0. The van der Waals surface area contributed by atoms with E-state index < -0.39 is 41.9 Å². The second-order valence-corrected chi connectivity index (χ2v) is 12.4. The van der Waals surface area contributed by atoms with Crippen LogP contribution in [-0.2, 0) is 4.79 Å². The van der Waals surface area contributed by atoms with Gasteiger partial charge in [-0.3, -0.25) is 0 Å². The Balaban J connectivity index is 2.37. The van der Waals surface area contributed by atoms with Crippen LogP contribution in [0.15, 0.2) is 34.9 Å². The molecule has 37 heavy (non-hydrogen) atoms. The molecule has 7 nitrogen and oxygen atoms in total.